The smallest absolute Gasteiger partial charge is 0.305 e. The number of hydrogen-bond acceptors (Lipinski definition) is 6. The number of carboxylic acids is 1. The van der Waals surface area contributed by atoms with E-state index in [0.717, 1.165) is 21.8 Å². The maximum absolute atomic E-state index is 13.9. The van der Waals surface area contributed by atoms with Crippen LogP contribution in [0, 0.1) is 5.82 Å². The van der Waals surface area contributed by atoms with Gasteiger partial charge in [0.2, 0.25) is 5.91 Å². The molecule has 1 aliphatic heterocycles. The van der Waals surface area contributed by atoms with Gasteiger partial charge in [-0.3, -0.25) is 9.59 Å². The van der Waals surface area contributed by atoms with Gasteiger partial charge in [-0.05, 0) is 23.6 Å². The number of carbonyl (C=O) groups is 2. The molecule has 1 aromatic heterocycles. The van der Waals surface area contributed by atoms with Crippen molar-refractivity contribution >= 4 is 56.4 Å². The molecule has 0 spiro atoms. The molecule has 1 aliphatic rings. The Morgan fingerprint density at radius 3 is 3.04 bits per heavy atom. The minimum Gasteiger partial charge on any atom is -0.481 e. The number of carbonyl (C=O) groups excluding carboxylic acids is 1. The zero-order valence-electron chi connectivity index (χ0n) is 11.5. The molecular weight excluding hydrogens is 341 g/mol. The molecule has 0 bridgehead atoms. The topological polar surface area (TPSA) is 91.1 Å². The van der Waals surface area contributed by atoms with Crippen LogP contribution in [0.15, 0.2) is 33.8 Å². The Hall–Kier alpha value is -2.26. The highest BCUT2D eigenvalue weighted by Crippen LogP contribution is 2.25. The van der Waals surface area contributed by atoms with Crippen molar-refractivity contribution in [3.63, 3.8) is 0 Å². The molecule has 0 saturated carbocycles. The Labute approximate surface area is 138 Å². The fourth-order valence-electron chi connectivity index (χ4n) is 2.06. The van der Waals surface area contributed by atoms with Gasteiger partial charge in [0.25, 0.3) is 0 Å². The number of aliphatic carboxylic acids is 1. The van der Waals surface area contributed by atoms with Crippen LogP contribution in [-0.2, 0) is 9.59 Å². The monoisotopic (exact) mass is 351 g/mol. The summed E-state index contributed by atoms with van der Waals surface area (Å²) in [6, 6.07) is 4.86. The summed E-state index contributed by atoms with van der Waals surface area (Å²) in [5.74, 6) is -1.89. The van der Waals surface area contributed by atoms with Crippen molar-refractivity contribution in [3.8, 4) is 0 Å². The largest absolute Gasteiger partial charge is 0.481 e. The molecule has 9 heteroatoms. The number of rotatable bonds is 4. The molecule has 1 saturated heterocycles. The molecule has 6 nitrogen and oxygen atoms in total. The Kier molecular flexibility index (Phi) is 4.39. The molecule has 0 aliphatic carbocycles. The van der Waals surface area contributed by atoms with Crippen molar-refractivity contribution in [1.82, 2.24) is 5.32 Å². The summed E-state index contributed by atoms with van der Waals surface area (Å²) in [6.07, 6.45) is 0.997. The van der Waals surface area contributed by atoms with Crippen LogP contribution in [0.2, 0.25) is 0 Å². The Bertz CT molecular complexity index is 847. The molecular formula is C14H10FN3O3S2. The van der Waals surface area contributed by atoms with Crippen LogP contribution in [0.1, 0.15) is 12.0 Å². The van der Waals surface area contributed by atoms with Gasteiger partial charge in [-0.15, -0.1) is 16.4 Å². The van der Waals surface area contributed by atoms with E-state index in [0.29, 0.717) is 5.56 Å². The minimum absolute atomic E-state index is 0.204. The summed E-state index contributed by atoms with van der Waals surface area (Å²) < 4.78 is 14.8. The van der Waals surface area contributed by atoms with Crippen LogP contribution in [0.4, 0.5) is 4.39 Å². The second-order valence-electron chi connectivity index (χ2n) is 4.64. The van der Waals surface area contributed by atoms with E-state index in [1.54, 1.807) is 12.1 Å². The predicted molar refractivity (Wildman–Crippen MR) is 88.6 cm³/mol. The lowest BCUT2D eigenvalue weighted by molar-refractivity contribution is -0.138. The Morgan fingerprint density at radius 1 is 1.43 bits per heavy atom. The van der Waals surface area contributed by atoms with Gasteiger partial charge in [0.15, 0.2) is 5.17 Å². The number of hydrogen-bond donors (Lipinski definition) is 2. The van der Waals surface area contributed by atoms with Gasteiger partial charge < -0.3 is 10.4 Å². The van der Waals surface area contributed by atoms with E-state index in [1.165, 1.54) is 23.6 Å². The Balaban J connectivity index is 1.78. The van der Waals surface area contributed by atoms with Gasteiger partial charge >= 0.3 is 5.97 Å². The third kappa shape index (κ3) is 3.40. The van der Waals surface area contributed by atoms with E-state index in [1.807, 2.05) is 5.38 Å². The molecule has 1 unspecified atom stereocenters. The lowest BCUT2D eigenvalue weighted by Gasteiger charge is -1.98. The highest BCUT2D eigenvalue weighted by atomic mass is 32.2. The average molecular weight is 351 g/mol. The van der Waals surface area contributed by atoms with Gasteiger partial charge in [-0.25, -0.2) is 4.39 Å². The van der Waals surface area contributed by atoms with Crippen molar-refractivity contribution in [3.05, 3.63) is 35.0 Å². The lowest BCUT2D eigenvalue weighted by atomic mass is 10.1. The van der Waals surface area contributed by atoms with Crippen LogP contribution in [-0.4, -0.2) is 33.6 Å². The van der Waals surface area contributed by atoms with Crippen molar-refractivity contribution in [1.29, 1.82) is 0 Å². The van der Waals surface area contributed by atoms with Gasteiger partial charge in [0.05, 0.1) is 12.6 Å². The van der Waals surface area contributed by atoms with E-state index in [-0.39, 0.29) is 11.6 Å². The summed E-state index contributed by atoms with van der Waals surface area (Å²) in [7, 11) is 0. The fraction of sp³-hybridized carbons (Fsp3) is 0.143. The number of nitrogens with zero attached hydrogens (tertiary/aromatic N) is 2. The van der Waals surface area contributed by atoms with E-state index < -0.39 is 22.9 Å². The normalized spacial score (nSPS) is 19.8. The second kappa shape index (κ2) is 6.47. The van der Waals surface area contributed by atoms with Crippen molar-refractivity contribution in [2.24, 2.45) is 10.2 Å². The molecule has 2 N–H and O–H groups in total. The molecule has 1 aromatic carbocycles. The SMILES string of the molecule is O=C(O)CC1SC(=NN=Cc2c(F)ccc3sccc23)NC1=O. The number of nitrogens with one attached hydrogen (secondary N) is 1. The zero-order chi connectivity index (χ0) is 16.4. The highest BCUT2D eigenvalue weighted by molar-refractivity contribution is 8.15. The molecule has 1 atom stereocenters. The zero-order valence-corrected chi connectivity index (χ0v) is 13.2. The Morgan fingerprint density at radius 2 is 2.26 bits per heavy atom. The minimum atomic E-state index is -1.06. The average Bonchev–Trinajstić information content (AvgIpc) is 3.08. The van der Waals surface area contributed by atoms with Crippen LogP contribution in [0.5, 0.6) is 0 Å². The number of carboxylic acid groups (broad SMARTS) is 1. The number of halogens is 1. The number of thioether (sulfide) groups is 1. The fourth-order valence-corrected chi connectivity index (χ4v) is 3.77. The standard InChI is InChI=1S/C14H10FN3O3S2/c15-9-1-2-10-7(3-4-22-10)8(9)6-16-18-14-17-13(21)11(23-14)5-12(19)20/h1-4,6,11H,5H2,(H,19,20)(H,17,18,21). The number of amides is 1. The summed E-state index contributed by atoms with van der Waals surface area (Å²) >= 11 is 2.49. The third-order valence-corrected chi connectivity index (χ3v) is 5.05. The quantitative estimate of drug-likeness (QED) is 0.654. The maximum Gasteiger partial charge on any atom is 0.305 e. The number of thiophene rings is 1. The maximum atomic E-state index is 13.9. The van der Waals surface area contributed by atoms with Crippen LogP contribution in [0.3, 0.4) is 0 Å². The van der Waals surface area contributed by atoms with Crippen LogP contribution in [0.25, 0.3) is 10.1 Å². The van der Waals surface area contributed by atoms with Crippen molar-refractivity contribution < 1.29 is 19.1 Å². The summed E-state index contributed by atoms with van der Waals surface area (Å²) in [5.41, 5.74) is 0.324. The van der Waals surface area contributed by atoms with E-state index in [4.69, 9.17) is 5.11 Å². The summed E-state index contributed by atoms with van der Waals surface area (Å²) in [4.78, 5) is 22.2. The molecule has 2 aromatic rings. The van der Waals surface area contributed by atoms with Crippen LogP contribution < -0.4 is 5.32 Å². The first-order chi connectivity index (χ1) is 11.0. The molecule has 2 heterocycles. The van der Waals surface area contributed by atoms with Gasteiger partial charge in [-0.1, -0.05) is 11.8 Å². The van der Waals surface area contributed by atoms with E-state index in [2.05, 4.69) is 15.5 Å². The van der Waals surface area contributed by atoms with Gasteiger partial charge in [0, 0.05) is 15.6 Å². The predicted octanol–water partition coefficient (Wildman–Crippen LogP) is 2.44. The van der Waals surface area contributed by atoms with Crippen molar-refractivity contribution in [2.45, 2.75) is 11.7 Å². The van der Waals surface area contributed by atoms with Gasteiger partial charge in [0.1, 0.15) is 11.1 Å². The molecule has 1 amide bonds. The molecule has 3 rings (SSSR count). The van der Waals surface area contributed by atoms with Crippen molar-refractivity contribution in [2.75, 3.05) is 0 Å². The van der Waals surface area contributed by atoms with E-state index >= 15 is 0 Å². The number of benzene rings is 1. The first-order valence-electron chi connectivity index (χ1n) is 6.50. The molecule has 1 fully saturated rings. The molecule has 23 heavy (non-hydrogen) atoms. The number of amidine groups is 1. The lowest BCUT2D eigenvalue weighted by Crippen LogP contribution is -2.26. The highest BCUT2D eigenvalue weighted by Gasteiger charge is 2.32. The summed E-state index contributed by atoms with van der Waals surface area (Å²) in [6.45, 7) is 0. The first-order valence-corrected chi connectivity index (χ1v) is 8.26. The third-order valence-electron chi connectivity index (χ3n) is 3.10. The first kappa shape index (κ1) is 15.6. The molecule has 0 radical (unpaired) electrons. The summed E-state index contributed by atoms with van der Waals surface area (Å²) in [5, 5.41) is 20.9. The van der Waals surface area contributed by atoms with Gasteiger partial charge in [-0.2, -0.15) is 5.10 Å². The number of fused-ring (bicyclic) bond motifs is 1. The second-order valence-corrected chi connectivity index (χ2v) is 6.78. The molecule has 118 valence electrons. The van der Waals surface area contributed by atoms with E-state index in [9.17, 15) is 14.0 Å². The van der Waals surface area contributed by atoms with Crippen LogP contribution >= 0.6 is 23.1 Å².